The van der Waals surface area contributed by atoms with Crippen LogP contribution < -0.4 is 10.7 Å². The number of nitrogens with zero attached hydrogens (tertiary/aromatic N) is 1. The van der Waals surface area contributed by atoms with E-state index in [9.17, 15) is 27.2 Å². The number of hydrogen-bond donors (Lipinski definition) is 2. The molecule has 0 aliphatic carbocycles. The Morgan fingerprint density at radius 1 is 1.04 bits per heavy atom. The topological polar surface area (TPSA) is 70.6 Å². The first-order valence-corrected chi connectivity index (χ1v) is 7.29. The third kappa shape index (κ3) is 5.40. The number of nitrogens with one attached hydrogen (secondary N) is 2. The van der Waals surface area contributed by atoms with E-state index >= 15 is 0 Å². The van der Waals surface area contributed by atoms with Gasteiger partial charge < -0.3 is 5.32 Å². The van der Waals surface area contributed by atoms with E-state index in [1.165, 1.54) is 30.3 Å². The van der Waals surface area contributed by atoms with E-state index in [4.69, 9.17) is 0 Å². The molecule has 0 saturated heterocycles. The fraction of sp³-hybridized carbons (Fsp3) is 0.118. The Hall–Kier alpha value is -3.23. The van der Waals surface area contributed by atoms with Crippen molar-refractivity contribution in [2.75, 3.05) is 6.54 Å². The van der Waals surface area contributed by atoms with Crippen molar-refractivity contribution in [2.45, 2.75) is 6.18 Å². The number of alkyl halides is 3. The van der Waals surface area contributed by atoms with Gasteiger partial charge in [-0.15, -0.1) is 0 Å². The Labute approximate surface area is 145 Å². The van der Waals surface area contributed by atoms with Crippen molar-refractivity contribution >= 4 is 18.0 Å². The summed E-state index contributed by atoms with van der Waals surface area (Å²) in [4.78, 5) is 23.3. The van der Waals surface area contributed by atoms with Crippen LogP contribution >= 0.6 is 0 Å². The van der Waals surface area contributed by atoms with Crippen molar-refractivity contribution < 1.29 is 27.2 Å². The first-order valence-electron chi connectivity index (χ1n) is 7.29. The monoisotopic (exact) mass is 367 g/mol. The zero-order chi connectivity index (χ0) is 19.2. The van der Waals surface area contributed by atoms with Gasteiger partial charge in [-0.3, -0.25) is 9.59 Å². The fourth-order valence-corrected chi connectivity index (χ4v) is 1.94. The van der Waals surface area contributed by atoms with Gasteiger partial charge in [0.15, 0.2) is 0 Å². The third-order valence-corrected chi connectivity index (χ3v) is 3.17. The van der Waals surface area contributed by atoms with Crippen molar-refractivity contribution in [1.29, 1.82) is 0 Å². The number of carbonyl (C=O) groups excluding carboxylic acids is 2. The predicted molar refractivity (Wildman–Crippen MR) is 85.9 cm³/mol. The highest BCUT2D eigenvalue weighted by Gasteiger charge is 2.32. The largest absolute Gasteiger partial charge is 0.417 e. The Balaban J connectivity index is 1.88. The molecule has 2 rings (SSSR count). The fourth-order valence-electron chi connectivity index (χ4n) is 1.94. The van der Waals surface area contributed by atoms with Gasteiger partial charge in [-0.1, -0.05) is 18.2 Å². The molecule has 0 fully saturated rings. The number of hydrogen-bond acceptors (Lipinski definition) is 3. The van der Waals surface area contributed by atoms with Crippen molar-refractivity contribution in [1.82, 2.24) is 10.7 Å². The molecule has 0 heterocycles. The van der Waals surface area contributed by atoms with Gasteiger partial charge in [0.1, 0.15) is 5.82 Å². The molecule has 0 bridgehead atoms. The molecular weight excluding hydrogens is 354 g/mol. The summed E-state index contributed by atoms with van der Waals surface area (Å²) < 4.78 is 51.2. The Bertz CT molecular complexity index is 818. The average Bonchev–Trinajstić information content (AvgIpc) is 2.60. The van der Waals surface area contributed by atoms with Gasteiger partial charge in [-0.05, 0) is 30.3 Å². The molecule has 0 radical (unpaired) electrons. The zero-order valence-electron chi connectivity index (χ0n) is 13.2. The molecule has 0 aliphatic rings. The highest BCUT2D eigenvalue weighted by molar-refractivity contribution is 5.96. The van der Waals surface area contributed by atoms with E-state index in [1.54, 1.807) is 0 Å². The smallest absolute Gasteiger partial charge is 0.343 e. The van der Waals surface area contributed by atoms with Crippen LogP contribution in [0.4, 0.5) is 17.6 Å². The zero-order valence-corrected chi connectivity index (χ0v) is 13.2. The number of carbonyl (C=O) groups is 2. The molecule has 2 aromatic carbocycles. The predicted octanol–water partition coefficient (Wildman–Crippen LogP) is 2.72. The number of amides is 2. The quantitative estimate of drug-likeness (QED) is 0.485. The summed E-state index contributed by atoms with van der Waals surface area (Å²) in [7, 11) is 0. The molecule has 136 valence electrons. The van der Waals surface area contributed by atoms with Gasteiger partial charge in [-0.25, -0.2) is 9.82 Å². The molecule has 0 spiro atoms. The van der Waals surface area contributed by atoms with Crippen LogP contribution in [-0.4, -0.2) is 24.6 Å². The van der Waals surface area contributed by atoms with Gasteiger partial charge in [-0.2, -0.15) is 18.3 Å². The van der Waals surface area contributed by atoms with E-state index in [1.807, 2.05) is 5.43 Å². The summed E-state index contributed by atoms with van der Waals surface area (Å²) >= 11 is 0. The molecule has 5 nitrogen and oxygen atoms in total. The summed E-state index contributed by atoms with van der Waals surface area (Å²) in [5.74, 6) is -1.85. The molecule has 2 N–H and O–H groups in total. The van der Waals surface area contributed by atoms with Gasteiger partial charge in [0, 0.05) is 11.1 Å². The lowest BCUT2D eigenvalue weighted by Gasteiger charge is -2.09. The van der Waals surface area contributed by atoms with Crippen molar-refractivity contribution in [2.24, 2.45) is 5.10 Å². The van der Waals surface area contributed by atoms with Gasteiger partial charge in [0.2, 0.25) is 0 Å². The SMILES string of the molecule is O=C(CNC(=O)c1ccc(F)cc1)N/N=C\c1ccccc1C(F)(F)F. The molecule has 9 heteroatoms. The maximum Gasteiger partial charge on any atom is 0.417 e. The summed E-state index contributed by atoms with van der Waals surface area (Å²) in [5, 5.41) is 5.73. The van der Waals surface area contributed by atoms with E-state index in [2.05, 4.69) is 10.4 Å². The van der Waals surface area contributed by atoms with Crippen LogP contribution in [-0.2, 0) is 11.0 Å². The number of halogens is 4. The Kier molecular flexibility index (Phi) is 6.05. The Morgan fingerprint density at radius 2 is 1.69 bits per heavy atom. The highest BCUT2D eigenvalue weighted by Crippen LogP contribution is 2.30. The van der Waals surface area contributed by atoms with Gasteiger partial charge in [0.05, 0.1) is 18.3 Å². The van der Waals surface area contributed by atoms with E-state index in [0.29, 0.717) is 0 Å². The molecule has 26 heavy (non-hydrogen) atoms. The summed E-state index contributed by atoms with van der Waals surface area (Å²) in [6.45, 7) is -0.450. The van der Waals surface area contributed by atoms with Crippen LogP contribution in [0.5, 0.6) is 0 Å². The van der Waals surface area contributed by atoms with Crippen LogP contribution in [0.15, 0.2) is 53.6 Å². The first kappa shape index (κ1) is 19.1. The second kappa shape index (κ2) is 8.24. The van der Waals surface area contributed by atoms with Gasteiger partial charge in [0.25, 0.3) is 11.8 Å². The van der Waals surface area contributed by atoms with Crippen LogP contribution in [0.3, 0.4) is 0 Å². The lowest BCUT2D eigenvalue weighted by atomic mass is 10.1. The molecule has 0 atom stereocenters. The maximum absolute atomic E-state index is 12.8. The summed E-state index contributed by atoms with van der Waals surface area (Å²) in [5.41, 5.74) is 1.07. The van der Waals surface area contributed by atoms with Crippen LogP contribution in [0.2, 0.25) is 0 Å². The molecular formula is C17H13F4N3O2. The normalized spacial score (nSPS) is 11.4. The highest BCUT2D eigenvalue weighted by atomic mass is 19.4. The number of benzene rings is 2. The van der Waals surface area contributed by atoms with E-state index in [-0.39, 0.29) is 11.1 Å². The lowest BCUT2D eigenvalue weighted by molar-refractivity contribution is -0.137. The van der Waals surface area contributed by atoms with E-state index in [0.717, 1.165) is 24.4 Å². The lowest BCUT2D eigenvalue weighted by Crippen LogP contribution is -2.34. The Morgan fingerprint density at radius 3 is 2.35 bits per heavy atom. The minimum absolute atomic E-state index is 0.154. The van der Waals surface area contributed by atoms with Crippen LogP contribution in [0.1, 0.15) is 21.5 Å². The summed E-state index contributed by atoms with van der Waals surface area (Å²) in [6.07, 6.45) is -3.68. The van der Waals surface area contributed by atoms with Gasteiger partial charge >= 0.3 is 6.18 Å². The molecule has 0 aromatic heterocycles. The van der Waals surface area contributed by atoms with Crippen molar-refractivity contribution in [3.63, 3.8) is 0 Å². The minimum Gasteiger partial charge on any atom is -0.343 e. The number of rotatable bonds is 5. The van der Waals surface area contributed by atoms with Crippen LogP contribution in [0.25, 0.3) is 0 Å². The van der Waals surface area contributed by atoms with Crippen molar-refractivity contribution in [3.05, 3.63) is 71.0 Å². The van der Waals surface area contributed by atoms with E-state index < -0.39 is 35.9 Å². The maximum atomic E-state index is 12.8. The number of hydrazone groups is 1. The molecule has 0 unspecified atom stereocenters. The van der Waals surface area contributed by atoms with Crippen molar-refractivity contribution in [3.8, 4) is 0 Å². The molecule has 2 aromatic rings. The second-order valence-electron chi connectivity index (χ2n) is 5.07. The minimum atomic E-state index is -4.55. The third-order valence-electron chi connectivity index (χ3n) is 3.17. The average molecular weight is 367 g/mol. The molecule has 2 amide bonds. The van der Waals surface area contributed by atoms with Crippen LogP contribution in [0, 0.1) is 5.82 Å². The first-order chi connectivity index (χ1) is 12.3. The summed E-state index contributed by atoms with van der Waals surface area (Å²) in [6, 6.07) is 9.42. The molecule has 0 saturated carbocycles. The second-order valence-corrected chi connectivity index (χ2v) is 5.07. The standard InChI is InChI=1S/C17H13F4N3O2/c18-13-7-5-11(6-8-13)16(26)22-10-15(25)24-23-9-12-3-1-2-4-14(12)17(19,20)21/h1-9H,10H2,(H,22,26)(H,24,25)/b23-9-. The molecule has 0 aliphatic heterocycles.